The van der Waals surface area contributed by atoms with Crippen molar-refractivity contribution in [1.29, 1.82) is 0 Å². The number of rotatable bonds is 8. The predicted octanol–water partition coefficient (Wildman–Crippen LogP) is 4.13. The van der Waals surface area contributed by atoms with Crippen LogP contribution in [0.4, 0.5) is 0 Å². The molecule has 0 saturated carbocycles. The Hall–Kier alpha value is -2.99. The summed E-state index contributed by atoms with van der Waals surface area (Å²) in [7, 11) is 0. The van der Waals surface area contributed by atoms with Crippen LogP contribution in [-0.2, 0) is 9.53 Å². The van der Waals surface area contributed by atoms with Gasteiger partial charge in [-0.05, 0) is 43.2 Å². The molecule has 3 aromatic rings. The number of nitrogens with zero attached hydrogens (tertiary/aromatic N) is 3. The van der Waals surface area contributed by atoms with Crippen LogP contribution >= 0.6 is 0 Å². The van der Waals surface area contributed by atoms with Gasteiger partial charge in [0.05, 0.1) is 11.8 Å². The second-order valence-corrected chi connectivity index (χ2v) is 6.89. The molecule has 28 heavy (non-hydrogen) atoms. The number of ether oxygens (including phenoxy) is 1. The van der Waals surface area contributed by atoms with Gasteiger partial charge in [0.15, 0.2) is 6.10 Å². The number of aromatic nitrogens is 3. The van der Waals surface area contributed by atoms with E-state index in [9.17, 15) is 9.90 Å². The molecule has 3 rings (SSSR count). The molecule has 0 radical (unpaired) electrons. The molecule has 0 aliphatic heterocycles. The monoisotopic (exact) mass is 379 g/mol. The lowest BCUT2D eigenvalue weighted by Crippen LogP contribution is -2.24. The third kappa shape index (κ3) is 4.46. The first-order valence-electron chi connectivity index (χ1n) is 9.46. The van der Waals surface area contributed by atoms with Crippen molar-refractivity contribution < 1.29 is 14.6 Å². The summed E-state index contributed by atoms with van der Waals surface area (Å²) in [6, 6.07) is 15.0. The maximum absolute atomic E-state index is 12.0. The second-order valence-electron chi connectivity index (χ2n) is 6.89. The first-order chi connectivity index (χ1) is 13.5. The summed E-state index contributed by atoms with van der Waals surface area (Å²) in [5.74, 6) is -0.510. The minimum Gasteiger partial charge on any atom is -0.451 e. The van der Waals surface area contributed by atoms with E-state index in [2.05, 4.69) is 23.7 Å². The standard InChI is InChI=1S/C22H25N3O3/c1-4-5-10-20(26)21(28-22(27)15(2)3)16-11-13-17(14-12-16)25-23-18-8-6-7-9-19(18)24-25/h6-9,11-14,20-21,26H,2,4-5,10H2,1,3H3. The summed E-state index contributed by atoms with van der Waals surface area (Å²) in [5.41, 5.74) is 3.44. The van der Waals surface area contributed by atoms with Crippen molar-refractivity contribution in [2.24, 2.45) is 0 Å². The van der Waals surface area contributed by atoms with Crippen molar-refractivity contribution in [3.8, 4) is 5.69 Å². The van der Waals surface area contributed by atoms with Gasteiger partial charge in [-0.15, -0.1) is 10.2 Å². The fourth-order valence-corrected chi connectivity index (χ4v) is 2.92. The molecular formula is C22H25N3O3. The molecule has 0 amide bonds. The minimum atomic E-state index is -0.778. The van der Waals surface area contributed by atoms with E-state index in [0.717, 1.165) is 35.1 Å². The Balaban J connectivity index is 1.85. The smallest absolute Gasteiger partial charge is 0.333 e. The molecule has 0 bridgehead atoms. The summed E-state index contributed by atoms with van der Waals surface area (Å²) in [5, 5.41) is 19.5. The molecule has 0 fully saturated rings. The Kier molecular flexibility index (Phi) is 6.21. The van der Waals surface area contributed by atoms with Crippen LogP contribution in [0.3, 0.4) is 0 Å². The summed E-state index contributed by atoms with van der Waals surface area (Å²) in [4.78, 5) is 13.6. The van der Waals surface area contributed by atoms with Crippen LogP contribution < -0.4 is 0 Å². The zero-order chi connectivity index (χ0) is 20.1. The van der Waals surface area contributed by atoms with Gasteiger partial charge in [-0.1, -0.05) is 50.6 Å². The van der Waals surface area contributed by atoms with Crippen molar-refractivity contribution in [2.75, 3.05) is 0 Å². The molecule has 0 aliphatic rings. The number of fused-ring (bicyclic) bond motifs is 1. The molecule has 2 unspecified atom stereocenters. The highest BCUT2D eigenvalue weighted by atomic mass is 16.6. The number of hydrogen-bond acceptors (Lipinski definition) is 5. The van der Waals surface area contributed by atoms with Gasteiger partial charge in [0.25, 0.3) is 0 Å². The van der Waals surface area contributed by atoms with Gasteiger partial charge < -0.3 is 9.84 Å². The van der Waals surface area contributed by atoms with Gasteiger partial charge in [0.1, 0.15) is 11.0 Å². The van der Waals surface area contributed by atoms with Crippen LogP contribution in [0, 0.1) is 0 Å². The number of unbranched alkanes of at least 4 members (excludes halogenated alkanes) is 1. The molecule has 6 heteroatoms. The predicted molar refractivity (Wildman–Crippen MR) is 108 cm³/mol. The Bertz CT molecular complexity index is 930. The van der Waals surface area contributed by atoms with Crippen LogP contribution in [-0.4, -0.2) is 32.2 Å². The molecule has 0 aliphatic carbocycles. The first-order valence-corrected chi connectivity index (χ1v) is 9.46. The summed E-state index contributed by atoms with van der Waals surface area (Å²) >= 11 is 0. The highest BCUT2D eigenvalue weighted by molar-refractivity contribution is 5.87. The maximum Gasteiger partial charge on any atom is 0.333 e. The fourth-order valence-electron chi connectivity index (χ4n) is 2.92. The lowest BCUT2D eigenvalue weighted by molar-refractivity contribution is -0.151. The lowest BCUT2D eigenvalue weighted by atomic mass is 9.99. The van der Waals surface area contributed by atoms with E-state index in [1.807, 2.05) is 48.5 Å². The molecule has 2 aromatic carbocycles. The van der Waals surface area contributed by atoms with E-state index in [4.69, 9.17) is 4.74 Å². The number of carbonyl (C=O) groups is 1. The molecule has 0 spiro atoms. The van der Waals surface area contributed by atoms with Crippen LogP contribution in [0.25, 0.3) is 16.7 Å². The van der Waals surface area contributed by atoms with Gasteiger partial charge >= 0.3 is 5.97 Å². The SMILES string of the molecule is C=C(C)C(=O)OC(c1ccc(-n2nc3ccccc3n2)cc1)C(O)CCCC. The number of aliphatic hydroxyl groups excluding tert-OH is 1. The molecule has 1 heterocycles. The summed E-state index contributed by atoms with van der Waals surface area (Å²) in [6.45, 7) is 7.27. The number of carbonyl (C=O) groups excluding carboxylic acids is 1. The molecule has 0 saturated heterocycles. The normalized spacial score (nSPS) is 13.2. The van der Waals surface area contributed by atoms with E-state index in [1.165, 1.54) is 0 Å². The fraction of sp³-hybridized carbons (Fsp3) is 0.318. The largest absolute Gasteiger partial charge is 0.451 e. The van der Waals surface area contributed by atoms with E-state index >= 15 is 0 Å². The minimum absolute atomic E-state index is 0.303. The van der Waals surface area contributed by atoms with Crippen LogP contribution in [0.5, 0.6) is 0 Å². The highest BCUT2D eigenvalue weighted by Crippen LogP contribution is 2.27. The Labute approximate surface area is 164 Å². The van der Waals surface area contributed by atoms with E-state index in [1.54, 1.807) is 11.7 Å². The molecule has 1 aromatic heterocycles. The number of aliphatic hydroxyl groups is 1. The number of esters is 1. The van der Waals surface area contributed by atoms with E-state index in [-0.39, 0.29) is 0 Å². The lowest BCUT2D eigenvalue weighted by Gasteiger charge is -2.24. The third-order valence-electron chi connectivity index (χ3n) is 4.52. The van der Waals surface area contributed by atoms with Crippen molar-refractivity contribution >= 4 is 17.0 Å². The Morgan fingerprint density at radius 3 is 2.29 bits per heavy atom. The average Bonchev–Trinajstić information content (AvgIpc) is 3.14. The zero-order valence-corrected chi connectivity index (χ0v) is 16.2. The van der Waals surface area contributed by atoms with Gasteiger partial charge in [0.2, 0.25) is 0 Å². The average molecular weight is 379 g/mol. The van der Waals surface area contributed by atoms with Crippen LogP contribution in [0.1, 0.15) is 44.8 Å². The second kappa shape index (κ2) is 8.80. The first kappa shape index (κ1) is 19.8. The van der Waals surface area contributed by atoms with Gasteiger partial charge in [0, 0.05) is 5.57 Å². The van der Waals surface area contributed by atoms with E-state index in [0.29, 0.717) is 12.0 Å². The maximum atomic E-state index is 12.0. The molecule has 2 atom stereocenters. The topological polar surface area (TPSA) is 77.2 Å². The molecule has 1 N–H and O–H groups in total. The van der Waals surface area contributed by atoms with Gasteiger partial charge in [-0.25, -0.2) is 4.79 Å². The van der Waals surface area contributed by atoms with Crippen LogP contribution in [0.2, 0.25) is 0 Å². The van der Waals surface area contributed by atoms with Crippen molar-refractivity contribution in [1.82, 2.24) is 15.0 Å². The summed E-state index contributed by atoms with van der Waals surface area (Å²) < 4.78 is 5.52. The third-order valence-corrected chi connectivity index (χ3v) is 4.52. The zero-order valence-electron chi connectivity index (χ0n) is 16.2. The van der Waals surface area contributed by atoms with Gasteiger partial charge in [-0.3, -0.25) is 0 Å². The number of benzene rings is 2. The van der Waals surface area contributed by atoms with Gasteiger partial charge in [-0.2, -0.15) is 4.80 Å². The van der Waals surface area contributed by atoms with Crippen LogP contribution in [0.15, 0.2) is 60.7 Å². The quantitative estimate of drug-likeness (QED) is 0.470. The molecule has 6 nitrogen and oxygen atoms in total. The highest BCUT2D eigenvalue weighted by Gasteiger charge is 2.25. The Morgan fingerprint density at radius 1 is 1.14 bits per heavy atom. The van der Waals surface area contributed by atoms with Crippen molar-refractivity contribution in [3.63, 3.8) is 0 Å². The van der Waals surface area contributed by atoms with Crippen molar-refractivity contribution in [3.05, 3.63) is 66.2 Å². The summed E-state index contributed by atoms with van der Waals surface area (Å²) in [6.07, 6.45) is 0.840. The number of hydrogen-bond donors (Lipinski definition) is 1. The van der Waals surface area contributed by atoms with E-state index < -0.39 is 18.2 Å². The molecule has 146 valence electrons. The molecular weight excluding hydrogens is 354 g/mol. The van der Waals surface area contributed by atoms with Crippen molar-refractivity contribution in [2.45, 2.75) is 45.3 Å². The Morgan fingerprint density at radius 2 is 1.75 bits per heavy atom.